The first kappa shape index (κ1) is 16.4. The van der Waals surface area contributed by atoms with Crippen molar-refractivity contribution in [2.24, 2.45) is 0 Å². The van der Waals surface area contributed by atoms with Crippen molar-refractivity contribution in [2.45, 2.75) is 19.0 Å². The van der Waals surface area contributed by atoms with E-state index in [4.69, 9.17) is 12.2 Å². The van der Waals surface area contributed by atoms with Gasteiger partial charge in [-0.15, -0.1) is 0 Å². The Morgan fingerprint density at radius 1 is 1.00 bits per heavy atom. The van der Waals surface area contributed by atoms with E-state index in [1.807, 2.05) is 30.3 Å². The number of aromatic nitrogens is 3. The number of aryl methyl sites for hydroxylation is 2. The van der Waals surface area contributed by atoms with Crippen LogP contribution in [0.3, 0.4) is 0 Å². The molecule has 0 radical (unpaired) electrons. The molecular weight excluding hydrogens is 335 g/mol. The second-order valence-electron chi connectivity index (χ2n) is 5.31. The standard InChI is InChI=1S/C17H14F3N3S/c18-17(19,20)13-7-4-8-14(11-13)23-15(21-22-16(23)24)10-9-12-5-2-1-3-6-12/h1-8,11H,9-10H2,(H,22,24). The normalized spacial score (nSPS) is 11.6. The van der Waals surface area contributed by atoms with Crippen LogP contribution >= 0.6 is 12.2 Å². The van der Waals surface area contributed by atoms with Gasteiger partial charge >= 0.3 is 6.18 Å². The summed E-state index contributed by atoms with van der Waals surface area (Å²) in [6.07, 6.45) is -3.11. The van der Waals surface area contributed by atoms with E-state index in [2.05, 4.69) is 10.2 Å². The molecule has 124 valence electrons. The van der Waals surface area contributed by atoms with Crippen LogP contribution in [0.2, 0.25) is 0 Å². The van der Waals surface area contributed by atoms with Crippen molar-refractivity contribution in [1.82, 2.24) is 14.8 Å². The predicted molar refractivity (Wildman–Crippen MR) is 87.6 cm³/mol. The van der Waals surface area contributed by atoms with Crippen LogP contribution in [0.25, 0.3) is 5.69 Å². The minimum absolute atomic E-state index is 0.275. The van der Waals surface area contributed by atoms with Crippen molar-refractivity contribution in [2.75, 3.05) is 0 Å². The molecule has 0 bridgehead atoms. The topological polar surface area (TPSA) is 33.6 Å². The molecule has 0 aliphatic rings. The van der Waals surface area contributed by atoms with Crippen molar-refractivity contribution in [3.05, 3.63) is 76.3 Å². The molecule has 3 rings (SSSR count). The smallest absolute Gasteiger partial charge is 0.272 e. The number of halogens is 3. The van der Waals surface area contributed by atoms with Gasteiger partial charge < -0.3 is 0 Å². The zero-order valence-electron chi connectivity index (χ0n) is 12.5. The van der Waals surface area contributed by atoms with E-state index in [9.17, 15) is 13.2 Å². The van der Waals surface area contributed by atoms with E-state index in [1.54, 1.807) is 10.6 Å². The van der Waals surface area contributed by atoms with Crippen LogP contribution in [-0.2, 0) is 19.0 Å². The molecule has 0 saturated heterocycles. The third kappa shape index (κ3) is 3.56. The van der Waals surface area contributed by atoms with Gasteiger partial charge in [-0.25, -0.2) is 0 Å². The number of nitrogens with one attached hydrogen (secondary N) is 1. The summed E-state index contributed by atoms with van der Waals surface area (Å²) >= 11 is 5.19. The van der Waals surface area contributed by atoms with Gasteiger partial charge in [-0.2, -0.15) is 18.3 Å². The average molecular weight is 349 g/mol. The summed E-state index contributed by atoms with van der Waals surface area (Å²) in [6, 6.07) is 14.9. The highest BCUT2D eigenvalue weighted by molar-refractivity contribution is 7.71. The first-order valence-electron chi connectivity index (χ1n) is 7.33. The molecule has 24 heavy (non-hydrogen) atoms. The third-order valence-electron chi connectivity index (χ3n) is 3.65. The molecule has 0 spiro atoms. The second kappa shape index (κ2) is 6.60. The molecule has 1 aromatic heterocycles. The van der Waals surface area contributed by atoms with Crippen molar-refractivity contribution in [1.29, 1.82) is 0 Å². The number of benzene rings is 2. The maximum Gasteiger partial charge on any atom is 0.416 e. The summed E-state index contributed by atoms with van der Waals surface area (Å²) in [7, 11) is 0. The highest BCUT2D eigenvalue weighted by atomic mass is 32.1. The van der Waals surface area contributed by atoms with Crippen LogP contribution in [0.1, 0.15) is 17.0 Å². The van der Waals surface area contributed by atoms with E-state index in [0.29, 0.717) is 17.9 Å². The molecular formula is C17H14F3N3S. The molecule has 3 aromatic rings. The molecule has 0 fully saturated rings. The number of alkyl halides is 3. The van der Waals surface area contributed by atoms with Crippen LogP contribution in [0.4, 0.5) is 13.2 Å². The van der Waals surface area contributed by atoms with E-state index in [1.165, 1.54) is 6.07 Å². The molecule has 0 unspecified atom stereocenters. The Morgan fingerprint density at radius 2 is 1.75 bits per heavy atom. The molecule has 0 saturated carbocycles. The largest absolute Gasteiger partial charge is 0.416 e. The maximum absolute atomic E-state index is 12.9. The average Bonchev–Trinajstić information content (AvgIpc) is 2.94. The predicted octanol–water partition coefficient (Wildman–Crippen LogP) is 4.73. The molecule has 3 nitrogen and oxygen atoms in total. The fourth-order valence-electron chi connectivity index (χ4n) is 2.49. The highest BCUT2D eigenvalue weighted by Crippen LogP contribution is 2.30. The Bertz CT molecular complexity index is 882. The zero-order valence-corrected chi connectivity index (χ0v) is 13.4. The molecule has 0 aliphatic heterocycles. The number of H-pyrrole nitrogens is 1. The number of hydrogen-bond acceptors (Lipinski definition) is 2. The lowest BCUT2D eigenvalue weighted by atomic mass is 10.1. The lowest BCUT2D eigenvalue weighted by molar-refractivity contribution is -0.137. The summed E-state index contributed by atoms with van der Waals surface area (Å²) in [5.74, 6) is 0.600. The maximum atomic E-state index is 12.9. The quantitative estimate of drug-likeness (QED) is 0.691. The Kier molecular flexibility index (Phi) is 4.53. The monoisotopic (exact) mass is 349 g/mol. The first-order valence-corrected chi connectivity index (χ1v) is 7.74. The Morgan fingerprint density at radius 3 is 2.46 bits per heavy atom. The second-order valence-corrected chi connectivity index (χ2v) is 5.70. The van der Waals surface area contributed by atoms with Crippen LogP contribution in [-0.4, -0.2) is 14.8 Å². The SMILES string of the molecule is FC(F)(F)c1cccc(-n2c(CCc3ccccc3)n[nH]c2=S)c1. The van der Waals surface area contributed by atoms with Gasteiger partial charge in [0.2, 0.25) is 0 Å². The Balaban J connectivity index is 1.92. The molecule has 2 aromatic carbocycles. The Labute approximate surface area is 141 Å². The van der Waals surface area contributed by atoms with Crippen molar-refractivity contribution < 1.29 is 13.2 Å². The molecule has 0 amide bonds. The number of aromatic amines is 1. The van der Waals surface area contributed by atoms with Crippen molar-refractivity contribution >= 4 is 12.2 Å². The zero-order chi connectivity index (χ0) is 17.2. The van der Waals surface area contributed by atoms with Gasteiger partial charge in [0.1, 0.15) is 5.82 Å². The summed E-state index contributed by atoms with van der Waals surface area (Å²) in [5, 5.41) is 6.83. The summed E-state index contributed by atoms with van der Waals surface area (Å²) in [4.78, 5) is 0. The van der Waals surface area contributed by atoms with E-state index in [-0.39, 0.29) is 4.77 Å². The number of rotatable bonds is 4. The molecule has 7 heteroatoms. The molecule has 1 heterocycles. The summed E-state index contributed by atoms with van der Waals surface area (Å²) in [5.41, 5.74) is 0.769. The van der Waals surface area contributed by atoms with Crippen LogP contribution < -0.4 is 0 Å². The van der Waals surface area contributed by atoms with Gasteiger partial charge in [0.05, 0.1) is 11.3 Å². The van der Waals surface area contributed by atoms with Gasteiger partial charge in [0, 0.05) is 6.42 Å². The fraction of sp³-hybridized carbons (Fsp3) is 0.176. The minimum Gasteiger partial charge on any atom is -0.272 e. The van der Waals surface area contributed by atoms with E-state index < -0.39 is 11.7 Å². The van der Waals surface area contributed by atoms with Crippen molar-refractivity contribution in [3.8, 4) is 5.69 Å². The Hall–Kier alpha value is -2.41. The van der Waals surface area contributed by atoms with E-state index >= 15 is 0 Å². The van der Waals surface area contributed by atoms with Gasteiger partial charge in [-0.05, 0) is 42.4 Å². The fourth-order valence-corrected chi connectivity index (χ4v) is 2.74. The molecule has 1 N–H and O–H groups in total. The third-order valence-corrected chi connectivity index (χ3v) is 3.93. The van der Waals surface area contributed by atoms with Gasteiger partial charge in [0.15, 0.2) is 4.77 Å². The van der Waals surface area contributed by atoms with Gasteiger partial charge in [0.25, 0.3) is 0 Å². The van der Waals surface area contributed by atoms with Gasteiger partial charge in [-0.3, -0.25) is 9.67 Å². The van der Waals surface area contributed by atoms with Crippen LogP contribution in [0, 0.1) is 4.77 Å². The van der Waals surface area contributed by atoms with Crippen molar-refractivity contribution in [3.63, 3.8) is 0 Å². The van der Waals surface area contributed by atoms with E-state index in [0.717, 1.165) is 24.1 Å². The van der Waals surface area contributed by atoms with Crippen LogP contribution in [0.5, 0.6) is 0 Å². The molecule has 0 atom stereocenters. The highest BCUT2D eigenvalue weighted by Gasteiger charge is 2.30. The first-order chi connectivity index (χ1) is 11.4. The lowest BCUT2D eigenvalue weighted by Gasteiger charge is -2.11. The molecule has 0 aliphatic carbocycles. The number of nitrogens with zero attached hydrogens (tertiary/aromatic N) is 2. The van der Waals surface area contributed by atoms with Crippen LogP contribution in [0.15, 0.2) is 54.6 Å². The minimum atomic E-state index is -4.40. The number of hydrogen-bond donors (Lipinski definition) is 1. The summed E-state index contributed by atoms with van der Waals surface area (Å²) in [6.45, 7) is 0. The lowest BCUT2D eigenvalue weighted by Crippen LogP contribution is -2.08. The van der Waals surface area contributed by atoms with Gasteiger partial charge in [-0.1, -0.05) is 36.4 Å². The summed E-state index contributed by atoms with van der Waals surface area (Å²) < 4.78 is 40.6.